The first-order chi connectivity index (χ1) is 10.1. The molecule has 2 N–H and O–H groups in total. The highest BCUT2D eigenvalue weighted by Gasteiger charge is 2.31. The van der Waals surface area contributed by atoms with Crippen LogP contribution in [0.2, 0.25) is 0 Å². The third kappa shape index (κ3) is 4.59. The third-order valence-corrected chi connectivity index (χ3v) is 4.65. The second-order valence-electron chi connectivity index (χ2n) is 6.10. The van der Waals surface area contributed by atoms with Crippen LogP contribution in [0.3, 0.4) is 0 Å². The minimum atomic E-state index is -0.897. The fourth-order valence-corrected chi connectivity index (χ4v) is 3.27. The van der Waals surface area contributed by atoms with E-state index in [1.54, 1.807) is 4.90 Å². The van der Waals surface area contributed by atoms with Gasteiger partial charge in [-0.3, -0.25) is 4.79 Å². The molecule has 21 heavy (non-hydrogen) atoms. The van der Waals surface area contributed by atoms with E-state index in [2.05, 4.69) is 12.2 Å². The van der Waals surface area contributed by atoms with E-state index in [1.165, 1.54) is 19.3 Å². The van der Waals surface area contributed by atoms with Crippen molar-refractivity contribution >= 4 is 12.0 Å². The maximum atomic E-state index is 12.4. The number of morpholine rings is 1. The summed E-state index contributed by atoms with van der Waals surface area (Å²) in [6, 6.07) is -0.263. The number of hydrogen-bond donors (Lipinski definition) is 2. The van der Waals surface area contributed by atoms with E-state index in [1.807, 2.05) is 0 Å². The number of aliphatic carboxylic acids is 1. The summed E-state index contributed by atoms with van der Waals surface area (Å²) < 4.78 is 5.30. The third-order valence-electron chi connectivity index (χ3n) is 4.65. The lowest BCUT2D eigenvalue weighted by atomic mass is 9.84. The van der Waals surface area contributed by atoms with Crippen LogP contribution in [0.25, 0.3) is 0 Å². The van der Waals surface area contributed by atoms with E-state index in [4.69, 9.17) is 9.84 Å². The fraction of sp³-hybridized carbons (Fsp3) is 0.867. The summed E-state index contributed by atoms with van der Waals surface area (Å²) in [4.78, 5) is 24.9. The summed E-state index contributed by atoms with van der Waals surface area (Å²) in [6.45, 7) is 3.47. The van der Waals surface area contributed by atoms with Gasteiger partial charge in [-0.15, -0.1) is 0 Å². The van der Waals surface area contributed by atoms with Crippen molar-refractivity contribution < 1.29 is 19.4 Å². The molecule has 0 aromatic heterocycles. The van der Waals surface area contributed by atoms with Crippen molar-refractivity contribution in [1.82, 2.24) is 10.2 Å². The van der Waals surface area contributed by atoms with Gasteiger partial charge in [0.2, 0.25) is 0 Å². The lowest BCUT2D eigenvalue weighted by Gasteiger charge is -2.37. The molecule has 2 fully saturated rings. The average Bonchev–Trinajstić information content (AvgIpc) is 2.48. The molecule has 0 aromatic rings. The van der Waals surface area contributed by atoms with Gasteiger partial charge < -0.3 is 20.1 Å². The highest BCUT2D eigenvalue weighted by Crippen LogP contribution is 2.26. The van der Waals surface area contributed by atoms with Crippen LogP contribution in [0.5, 0.6) is 0 Å². The van der Waals surface area contributed by atoms with E-state index >= 15 is 0 Å². The smallest absolute Gasteiger partial charge is 0.318 e. The number of nitrogens with one attached hydrogen (secondary N) is 1. The van der Waals surface area contributed by atoms with Gasteiger partial charge in [0.15, 0.2) is 0 Å². The Labute approximate surface area is 125 Å². The zero-order valence-electron chi connectivity index (χ0n) is 12.7. The topological polar surface area (TPSA) is 78.9 Å². The van der Waals surface area contributed by atoms with Gasteiger partial charge in [0.05, 0.1) is 25.7 Å². The molecule has 1 unspecified atom stereocenters. The molecule has 120 valence electrons. The summed E-state index contributed by atoms with van der Waals surface area (Å²) >= 11 is 0. The molecular weight excluding hydrogens is 272 g/mol. The molecule has 1 aliphatic carbocycles. The Hall–Kier alpha value is -1.30. The zero-order valence-corrected chi connectivity index (χ0v) is 12.7. The monoisotopic (exact) mass is 298 g/mol. The van der Waals surface area contributed by atoms with Crippen LogP contribution in [0, 0.1) is 5.92 Å². The van der Waals surface area contributed by atoms with Gasteiger partial charge in [-0.2, -0.15) is 0 Å². The van der Waals surface area contributed by atoms with Crippen molar-refractivity contribution in [3.63, 3.8) is 0 Å². The van der Waals surface area contributed by atoms with Crippen LogP contribution < -0.4 is 5.32 Å². The molecule has 0 spiro atoms. The first-order valence-corrected chi connectivity index (χ1v) is 7.96. The second kappa shape index (κ2) is 7.64. The number of urea groups is 1. The van der Waals surface area contributed by atoms with E-state index < -0.39 is 5.97 Å². The summed E-state index contributed by atoms with van der Waals surface area (Å²) in [6.07, 6.45) is 5.55. The summed E-state index contributed by atoms with van der Waals surface area (Å²) in [5, 5.41) is 12.0. The number of nitrogens with zero attached hydrogens (tertiary/aromatic N) is 1. The number of carboxylic acid groups (broad SMARTS) is 1. The van der Waals surface area contributed by atoms with Crippen LogP contribution in [0.4, 0.5) is 4.79 Å². The molecule has 2 amide bonds. The van der Waals surface area contributed by atoms with Crippen molar-refractivity contribution in [2.45, 2.75) is 57.5 Å². The van der Waals surface area contributed by atoms with Crippen LogP contribution >= 0.6 is 0 Å². The summed E-state index contributed by atoms with van der Waals surface area (Å²) in [5.41, 5.74) is 0. The highest BCUT2D eigenvalue weighted by atomic mass is 16.5. The lowest BCUT2D eigenvalue weighted by Crippen LogP contribution is -2.55. The Morgan fingerprint density at radius 3 is 2.62 bits per heavy atom. The van der Waals surface area contributed by atoms with E-state index in [9.17, 15) is 9.59 Å². The van der Waals surface area contributed by atoms with Gasteiger partial charge in [-0.05, 0) is 31.6 Å². The van der Waals surface area contributed by atoms with Crippen molar-refractivity contribution in [3.8, 4) is 0 Å². The van der Waals surface area contributed by atoms with Gasteiger partial charge in [-0.25, -0.2) is 4.79 Å². The summed E-state index contributed by atoms with van der Waals surface area (Å²) in [5.74, 6) is -0.104. The normalized spacial score (nSPS) is 30.0. The molecule has 6 nitrogen and oxygen atoms in total. The lowest BCUT2D eigenvalue weighted by molar-refractivity contribution is -0.139. The Kier molecular flexibility index (Phi) is 5.85. The number of carboxylic acids is 1. The molecule has 1 saturated carbocycles. The Balaban J connectivity index is 1.84. The van der Waals surface area contributed by atoms with E-state index in [0.717, 1.165) is 18.8 Å². The van der Waals surface area contributed by atoms with Gasteiger partial charge in [0.1, 0.15) is 0 Å². The molecule has 2 aliphatic rings. The maximum Gasteiger partial charge on any atom is 0.318 e. The van der Waals surface area contributed by atoms with Crippen LogP contribution in [-0.4, -0.2) is 53.8 Å². The SMILES string of the molecule is CCC1CCC(NC(=O)N2CCOCC2CC(=O)O)CC1. The number of amides is 2. The van der Waals surface area contributed by atoms with E-state index in [0.29, 0.717) is 19.8 Å². The Bertz CT molecular complexity index is 367. The second-order valence-corrected chi connectivity index (χ2v) is 6.10. The minimum Gasteiger partial charge on any atom is -0.481 e. The van der Waals surface area contributed by atoms with E-state index in [-0.39, 0.29) is 24.5 Å². The van der Waals surface area contributed by atoms with Crippen molar-refractivity contribution in [3.05, 3.63) is 0 Å². The van der Waals surface area contributed by atoms with Crippen LogP contribution in [0.15, 0.2) is 0 Å². The number of carbonyl (C=O) groups excluding carboxylic acids is 1. The molecule has 0 radical (unpaired) electrons. The van der Waals surface area contributed by atoms with Gasteiger partial charge in [0, 0.05) is 12.6 Å². The predicted molar refractivity (Wildman–Crippen MR) is 78.1 cm³/mol. The highest BCUT2D eigenvalue weighted by molar-refractivity contribution is 5.76. The van der Waals surface area contributed by atoms with Crippen molar-refractivity contribution in [1.29, 1.82) is 0 Å². The first-order valence-electron chi connectivity index (χ1n) is 7.96. The maximum absolute atomic E-state index is 12.4. The number of ether oxygens (including phenoxy) is 1. The molecule has 6 heteroatoms. The van der Waals surface area contributed by atoms with Crippen molar-refractivity contribution in [2.75, 3.05) is 19.8 Å². The zero-order chi connectivity index (χ0) is 15.2. The standard InChI is InChI=1S/C15H26N2O4/c1-2-11-3-5-12(6-4-11)16-15(20)17-7-8-21-10-13(17)9-14(18)19/h11-13H,2-10H2,1H3,(H,16,20)(H,18,19). The first kappa shape index (κ1) is 16.1. The molecular formula is C15H26N2O4. The van der Waals surface area contributed by atoms with Gasteiger partial charge in [0.25, 0.3) is 0 Å². The molecule has 1 heterocycles. The molecule has 0 aromatic carbocycles. The quantitative estimate of drug-likeness (QED) is 0.830. The minimum absolute atomic E-state index is 0.0595. The fourth-order valence-electron chi connectivity index (χ4n) is 3.27. The molecule has 1 aliphatic heterocycles. The molecule has 1 saturated heterocycles. The van der Waals surface area contributed by atoms with Crippen LogP contribution in [0.1, 0.15) is 45.4 Å². The molecule has 1 atom stereocenters. The van der Waals surface area contributed by atoms with Crippen LogP contribution in [-0.2, 0) is 9.53 Å². The Morgan fingerprint density at radius 1 is 1.29 bits per heavy atom. The number of rotatable bonds is 4. The summed E-state index contributed by atoms with van der Waals surface area (Å²) in [7, 11) is 0. The molecule has 2 rings (SSSR count). The number of carbonyl (C=O) groups is 2. The number of hydrogen-bond acceptors (Lipinski definition) is 3. The Morgan fingerprint density at radius 2 is 2.00 bits per heavy atom. The largest absolute Gasteiger partial charge is 0.481 e. The van der Waals surface area contributed by atoms with Crippen molar-refractivity contribution in [2.24, 2.45) is 5.92 Å². The molecule has 0 bridgehead atoms. The van der Waals surface area contributed by atoms with Gasteiger partial charge >= 0.3 is 12.0 Å². The van der Waals surface area contributed by atoms with Gasteiger partial charge in [-0.1, -0.05) is 13.3 Å². The average molecular weight is 298 g/mol. The predicted octanol–water partition coefficient (Wildman–Crippen LogP) is 1.84.